The summed E-state index contributed by atoms with van der Waals surface area (Å²) in [4.78, 5) is 24.8. The van der Waals surface area contributed by atoms with E-state index in [4.69, 9.17) is 11.6 Å². The van der Waals surface area contributed by atoms with E-state index in [1.807, 2.05) is 60.0 Å². The monoisotopic (exact) mass is 479 g/mol. The van der Waals surface area contributed by atoms with Gasteiger partial charge in [0, 0.05) is 17.3 Å². The van der Waals surface area contributed by atoms with Gasteiger partial charge in [-0.2, -0.15) is 0 Å². The van der Waals surface area contributed by atoms with Crippen LogP contribution in [-0.4, -0.2) is 31.0 Å². The minimum absolute atomic E-state index is 0.163. The highest BCUT2D eigenvalue weighted by atomic mass is 35.5. The SMILES string of the molecule is Cc1nnc(SCC(=O)Nc2ccc(=O)n(Cc3ccccc3Cl)c2)n1Cc1ccccc1. The van der Waals surface area contributed by atoms with Crippen LogP contribution >= 0.6 is 23.4 Å². The molecular weight excluding hydrogens is 458 g/mol. The highest BCUT2D eigenvalue weighted by molar-refractivity contribution is 7.99. The Balaban J connectivity index is 1.40. The van der Waals surface area contributed by atoms with Gasteiger partial charge < -0.3 is 14.5 Å². The van der Waals surface area contributed by atoms with Gasteiger partial charge in [-0.15, -0.1) is 10.2 Å². The van der Waals surface area contributed by atoms with Gasteiger partial charge >= 0.3 is 0 Å². The van der Waals surface area contributed by atoms with E-state index in [0.717, 1.165) is 17.0 Å². The van der Waals surface area contributed by atoms with E-state index >= 15 is 0 Å². The first kappa shape index (κ1) is 22.8. The molecule has 0 radical (unpaired) electrons. The molecule has 1 N–H and O–H groups in total. The predicted octanol–water partition coefficient (Wildman–Crippen LogP) is 4.23. The van der Waals surface area contributed by atoms with Crippen molar-refractivity contribution in [2.75, 3.05) is 11.1 Å². The van der Waals surface area contributed by atoms with Gasteiger partial charge in [-0.3, -0.25) is 9.59 Å². The maximum atomic E-state index is 12.6. The third-order valence-electron chi connectivity index (χ3n) is 4.98. The Morgan fingerprint density at radius 2 is 1.76 bits per heavy atom. The molecule has 0 aliphatic carbocycles. The average molecular weight is 480 g/mol. The number of halogens is 1. The second-order valence-electron chi connectivity index (χ2n) is 7.41. The van der Waals surface area contributed by atoms with E-state index in [2.05, 4.69) is 15.5 Å². The number of nitrogens with zero attached hydrogens (tertiary/aromatic N) is 4. The molecular formula is C24H22ClN5O2S. The first-order valence-electron chi connectivity index (χ1n) is 10.3. The van der Waals surface area contributed by atoms with Crippen LogP contribution in [0.5, 0.6) is 0 Å². The van der Waals surface area contributed by atoms with Gasteiger partial charge in [-0.05, 0) is 30.2 Å². The molecule has 0 bridgehead atoms. The zero-order valence-electron chi connectivity index (χ0n) is 17.9. The maximum Gasteiger partial charge on any atom is 0.250 e. The quantitative estimate of drug-likeness (QED) is 0.382. The summed E-state index contributed by atoms with van der Waals surface area (Å²) in [6.07, 6.45) is 1.62. The number of anilines is 1. The Morgan fingerprint density at radius 1 is 1.00 bits per heavy atom. The molecule has 0 aliphatic rings. The minimum Gasteiger partial charge on any atom is -0.324 e. The fraction of sp³-hybridized carbons (Fsp3) is 0.167. The molecule has 2 aromatic carbocycles. The Kier molecular flexibility index (Phi) is 7.26. The number of thioether (sulfide) groups is 1. The van der Waals surface area contributed by atoms with Crippen LogP contribution in [0.1, 0.15) is 17.0 Å². The van der Waals surface area contributed by atoms with Crippen molar-refractivity contribution in [2.24, 2.45) is 0 Å². The number of amides is 1. The van der Waals surface area contributed by atoms with Crippen LogP contribution in [0.4, 0.5) is 5.69 Å². The molecule has 33 heavy (non-hydrogen) atoms. The second kappa shape index (κ2) is 10.5. The van der Waals surface area contributed by atoms with Gasteiger partial charge in [0.2, 0.25) is 5.91 Å². The topological polar surface area (TPSA) is 81.8 Å². The van der Waals surface area contributed by atoms with Crippen molar-refractivity contribution in [3.05, 3.63) is 105 Å². The number of aryl methyl sites for hydroxylation is 1. The van der Waals surface area contributed by atoms with Crippen molar-refractivity contribution in [1.29, 1.82) is 0 Å². The summed E-state index contributed by atoms with van der Waals surface area (Å²) in [7, 11) is 0. The Bertz CT molecular complexity index is 1320. The van der Waals surface area contributed by atoms with Crippen LogP contribution in [0, 0.1) is 6.92 Å². The number of nitrogens with one attached hydrogen (secondary N) is 1. The van der Waals surface area contributed by atoms with Crippen molar-refractivity contribution in [3.8, 4) is 0 Å². The Morgan fingerprint density at radius 3 is 2.55 bits per heavy atom. The van der Waals surface area contributed by atoms with Gasteiger partial charge in [-0.25, -0.2) is 0 Å². The number of hydrogen-bond acceptors (Lipinski definition) is 5. The van der Waals surface area contributed by atoms with Crippen molar-refractivity contribution in [3.63, 3.8) is 0 Å². The summed E-state index contributed by atoms with van der Waals surface area (Å²) >= 11 is 7.53. The fourth-order valence-corrected chi connectivity index (χ4v) is 4.26. The largest absolute Gasteiger partial charge is 0.324 e. The molecule has 0 unspecified atom stereocenters. The number of rotatable bonds is 8. The molecule has 2 heterocycles. The highest BCUT2D eigenvalue weighted by Gasteiger charge is 2.13. The highest BCUT2D eigenvalue weighted by Crippen LogP contribution is 2.19. The van der Waals surface area contributed by atoms with Crippen molar-refractivity contribution in [1.82, 2.24) is 19.3 Å². The minimum atomic E-state index is -0.199. The summed E-state index contributed by atoms with van der Waals surface area (Å²) in [6, 6.07) is 20.4. The number of carbonyl (C=O) groups is 1. The molecule has 7 nitrogen and oxygen atoms in total. The average Bonchev–Trinajstić information content (AvgIpc) is 3.16. The molecule has 4 aromatic rings. The van der Waals surface area contributed by atoms with Gasteiger partial charge in [0.25, 0.3) is 5.56 Å². The third-order valence-corrected chi connectivity index (χ3v) is 6.32. The summed E-state index contributed by atoms with van der Waals surface area (Å²) in [6.45, 7) is 2.85. The molecule has 0 saturated heterocycles. The summed E-state index contributed by atoms with van der Waals surface area (Å²) < 4.78 is 3.50. The van der Waals surface area contributed by atoms with Gasteiger partial charge in [-0.1, -0.05) is 71.9 Å². The Hall–Kier alpha value is -3.36. The predicted molar refractivity (Wildman–Crippen MR) is 131 cm³/mol. The molecule has 1 amide bonds. The normalized spacial score (nSPS) is 10.8. The Labute approximate surface area is 200 Å². The molecule has 0 atom stereocenters. The number of pyridine rings is 1. The van der Waals surface area contributed by atoms with E-state index in [1.54, 1.807) is 18.3 Å². The molecule has 168 valence electrons. The van der Waals surface area contributed by atoms with Crippen molar-refractivity contribution >= 4 is 35.0 Å². The summed E-state index contributed by atoms with van der Waals surface area (Å²) in [5, 5.41) is 12.5. The lowest BCUT2D eigenvalue weighted by atomic mass is 10.2. The lowest BCUT2D eigenvalue weighted by Gasteiger charge is -2.11. The van der Waals surface area contributed by atoms with Gasteiger partial charge in [0.15, 0.2) is 5.16 Å². The third kappa shape index (κ3) is 5.91. The maximum absolute atomic E-state index is 12.6. The van der Waals surface area contributed by atoms with Gasteiger partial charge in [0.1, 0.15) is 5.82 Å². The second-order valence-corrected chi connectivity index (χ2v) is 8.76. The fourth-order valence-electron chi connectivity index (χ4n) is 3.28. The lowest BCUT2D eigenvalue weighted by molar-refractivity contribution is -0.113. The molecule has 0 aliphatic heterocycles. The van der Waals surface area contributed by atoms with Gasteiger partial charge in [0.05, 0.1) is 24.5 Å². The molecule has 2 aromatic heterocycles. The molecule has 0 spiro atoms. The van der Waals surface area contributed by atoms with Crippen LogP contribution in [0.25, 0.3) is 0 Å². The molecule has 4 rings (SSSR count). The van der Waals surface area contributed by atoms with Crippen LogP contribution < -0.4 is 10.9 Å². The van der Waals surface area contributed by atoms with Crippen molar-refractivity contribution < 1.29 is 4.79 Å². The first-order valence-corrected chi connectivity index (χ1v) is 11.7. The smallest absolute Gasteiger partial charge is 0.250 e. The number of aromatic nitrogens is 4. The molecule has 0 saturated carbocycles. The molecule has 0 fully saturated rings. The van der Waals surface area contributed by atoms with Crippen molar-refractivity contribution in [2.45, 2.75) is 25.2 Å². The number of benzene rings is 2. The van der Waals surface area contributed by atoms with Crippen LogP contribution in [0.15, 0.2) is 82.9 Å². The van der Waals surface area contributed by atoms with E-state index in [1.165, 1.54) is 22.4 Å². The van der Waals surface area contributed by atoms with E-state index in [-0.39, 0.29) is 17.2 Å². The zero-order chi connectivity index (χ0) is 23.2. The first-order chi connectivity index (χ1) is 16.0. The van der Waals surface area contributed by atoms with Crippen LogP contribution in [0.3, 0.4) is 0 Å². The van der Waals surface area contributed by atoms with E-state index in [9.17, 15) is 9.59 Å². The standard InChI is InChI=1S/C24H22ClN5O2S/c1-17-27-28-24(30(17)13-18-7-3-2-4-8-18)33-16-22(31)26-20-11-12-23(32)29(15-20)14-19-9-5-6-10-21(19)25/h2-12,15H,13-14,16H2,1H3,(H,26,31). The molecule has 9 heteroatoms. The zero-order valence-corrected chi connectivity index (χ0v) is 19.5. The lowest BCUT2D eigenvalue weighted by Crippen LogP contribution is -2.22. The van der Waals surface area contributed by atoms with E-state index in [0.29, 0.717) is 29.0 Å². The van der Waals surface area contributed by atoms with Crippen LogP contribution in [-0.2, 0) is 17.9 Å². The number of hydrogen-bond donors (Lipinski definition) is 1. The summed E-state index contributed by atoms with van der Waals surface area (Å²) in [5.74, 6) is 0.750. The van der Waals surface area contributed by atoms with E-state index < -0.39 is 0 Å². The number of carbonyl (C=O) groups excluding carboxylic acids is 1. The summed E-state index contributed by atoms with van der Waals surface area (Å²) in [5.41, 5.74) is 2.32. The van der Waals surface area contributed by atoms with Crippen LogP contribution in [0.2, 0.25) is 5.02 Å².